The molecule has 2 atom stereocenters. The maximum atomic E-state index is 9.63. The van der Waals surface area contributed by atoms with Gasteiger partial charge in [-0.05, 0) is 39.0 Å². The second kappa shape index (κ2) is 11.7. The molecule has 0 saturated carbocycles. The lowest BCUT2D eigenvalue weighted by Gasteiger charge is -2.28. The SMILES string of the molecule is CCCC/C=C/CCCCCCCC1NC=CN1C(C)O. The van der Waals surface area contributed by atoms with Gasteiger partial charge in [-0.3, -0.25) is 0 Å². The van der Waals surface area contributed by atoms with E-state index >= 15 is 0 Å². The zero-order valence-corrected chi connectivity index (χ0v) is 13.9. The van der Waals surface area contributed by atoms with Gasteiger partial charge in [0.15, 0.2) is 0 Å². The van der Waals surface area contributed by atoms with Gasteiger partial charge in [0, 0.05) is 12.4 Å². The fourth-order valence-electron chi connectivity index (χ4n) is 2.74. The van der Waals surface area contributed by atoms with Gasteiger partial charge < -0.3 is 15.3 Å². The van der Waals surface area contributed by atoms with Gasteiger partial charge in [-0.1, -0.05) is 51.2 Å². The molecule has 122 valence electrons. The first-order chi connectivity index (χ1) is 10.3. The molecule has 1 aliphatic heterocycles. The highest BCUT2D eigenvalue weighted by molar-refractivity contribution is 4.94. The summed E-state index contributed by atoms with van der Waals surface area (Å²) in [5.74, 6) is 0. The molecule has 0 aromatic heterocycles. The Hall–Kier alpha value is -0.960. The van der Waals surface area contributed by atoms with Crippen molar-refractivity contribution < 1.29 is 5.11 Å². The van der Waals surface area contributed by atoms with Crippen molar-refractivity contribution in [2.24, 2.45) is 0 Å². The molecule has 1 heterocycles. The van der Waals surface area contributed by atoms with Gasteiger partial charge in [-0.15, -0.1) is 0 Å². The molecule has 0 aromatic carbocycles. The average molecular weight is 294 g/mol. The van der Waals surface area contributed by atoms with E-state index in [1.165, 1.54) is 57.8 Å². The van der Waals surface area contributed by atoms with E-state index in [4.69, 9.17) is 0 Å². The lowest BCUT2D eigenvalue weighted by Crippen LogP contribution is -2.40. The standard InChI is InChI=1S/C18H34N2O/c1-3-4-5-6-7-8-9-10-11-12-13-14-18-19-15-16-20(18)17(2)21/h6-7,15-19,21H,3-5,8-14H2,1-2H3/b7-6+. The summed E-state index contributed by atoms with van der Waals surface area (Å²) in [6.45, 7) is 4.06. The first-order valence-corrected chi connectivity index (χ1v) is 8.79. The van der Waals surface area contributed by atoms with Gasteiger partial charge in [0.1, 0.15) is 12.4 Å². The van der Waals surface area contributed by atoms with Crippen molar-refractivity contribution in [2.75, 3.05) is 0 Å². The van der Waals surface area contributed by atoms with Crippen LogP contribution in [-0.4, -0.2) is 22.4 Å². The summed E-state index contributed by atoms with van der Waals surface area (Å²) in [6.07, 6.45) is 21.2. The molecule has 3 heteroatoms. The van der Waals surface area contributed by atoms with Crippen LogP contribution in [0, 0.1) is 0 Å². The van der Waals surface area contributed by atoms with E-state index in [0.29, 0.717) is 0 Å². The molecular weight excluding hydrogens is 260 g/mol. The third kappa shape index (κ3) is 8.15. The summed E-state index contributed by atoms with van der Waals surface area (Å²) in [6, 6.07) is 0. The van der Waals surface area contributed by atoms with E-state index in [-0.39, 0.29) is 6.17 Å². The highest BCUT2D eigenvalue weighted by Gasteiger charge is 2.20. The molecule has 0 radical (unpaired) electrons. The van der Waals surface area contributed by atoms with Gasteiger partial charge >= 0.3 is 0 Å². The summed E-state index contributed by atoms with van der Waals surface area (Å²) < 4.78 is 0. The van der Waals surface area contributed by atoms with E-state index in [0.717, 1.165) is 6.42 Å². The fourth-order valence-corrected chi connectivity index (χ4v) is 2.74. The molecule has 0 bridgehead atoms. The van der Waals surface area contributed by atoms with Crippen molar-refractivity contribution in [3.05, 3.63) is 24.6 Å². The molecule has 0 amide bonds. The van der Waals surface area contributed by atoms with Crippen LogP contribution in [-0.2, 0) is 0 Å². The molecule has 0 aromatic rings. The average Bonchev–Trinajstić information content (AvgIpc) is 2.93. The van der Waals surface area contributed by atoms with Crippen molar-refractivity contribution in [3.63, 3.8) is 0 Å². The molecule has 0 saturated heterocycles. The Morgan fingerprint density at radius 2 is 1.76 bits per heavy atom. The van der Waals surface area contributed by atoms with Crippen LogP contribution in [0.2, 0.25) is 0 Å². The van der Waals surface area contributed by atoms with E-state index in [9.17, 15) is 5.11 Å². The molecule has 0 fully saturated rings. The molecule has 2 N–H and O–H groups in total. The zero-order chi connectivity index (χ0) is 15.3. The summed E-state index contributed by atoms with van der Waals surface area (Å²) in [5.41, 5.74) is 0. The maximum absolute atomic E-state index is 9.63. The van der Waals surface area contributed by atoms with Crippen molar-refractivity contribution in [2.45, 2.75) is 90.4 Å². The topological polar surface area (TPSA) is 35.5 Å². The number of nitrogens with zero attached hydrogens (tertiary/aromatic N) is 1. The maximum Gasteiger partial charge on any atom is 0.125 e. The van der Waals surface area contributed by atoms with Crippen molar-refractivity contribution in [3.8, 4) is 0 Å². The first-order valence-electron chi connectivity index (χ1n) is 8.79. The van der Waals surface area contributed by atoms with Crippen LogP contribution in [0.1, 0.15) is 78.1 Å². The third-order valence-electron chi connectivity index (χ3n) is 4.07. The quantitative estimate of drug-likeness (QED) is 0.411. The van der Waals surface area contributed by atoms with Crippen molar-refractivity contribution in [1.82, 2.24) is 10.2 Å². The normalized spacial score (nSPS) is 19.4. The Kier molecular flexibility index (Phi) is 10.1. The van der Waals surface area contributed by atoms with E-state index < -0.39 is 6.23 Å². The number of rotatable bonds is 12. The summed E-state index contributed by atoms with van der Waals surface area (Å²) >= 11 is 0. The number of hydrogen-bond acceptors (Lipinski definition) is 3. The number of aliphatic hydroxyl groups excluding tert-OH is 1. The summed E-state index contributed by atoms with van der Waals surface area (Å²) in [7, 11) is 0. The van der Waals surface area contributed by atoms with Crippen molar-refractivity contribution >= 4 is 0 Å². The highest BCUT2D eigenvalue weighted by Crippen LogP contribution is 2.16. The minimum Gasteiger partial charge on any atom is -0.374 e. The predicted octanol–water partition coefficient (Wildman–Crippen LogP) is 4.50. The van der Waals surface area contributed by atoms with Crippen LogP contribution in [0.5, 0.6) is 0 Å². The lowest BCUT2D eigenvalue weighted by molar-refractivity contribution is 0.0254. The van der Waals surface area contributed by atoms with Gasteiger partial charge in [-0.25, -0.2) is 0 Å². The van der Waals surface area contributed by atoms with Crippen LogP contribution in [0.25, 0.3) is 0 Å². The predicted molar refractivity (Wildman–Crippen MR) is 90.6 cm³/mol. The monoisotopic (exact) mass is 294 g/mol. The van der Waals surface area contributed by atoms with Gasteiger partial charge in [0.2, 0.25) is 0 Å². The lowest BCUT2D eigenvalue weighted by atomic mass is 10.1. The number of nitrogens with one attached hydrogen (secondary N) is 1. The number of allylic oxidation sites excluding steroid dienone is 2. The molecule has 2 unspecified atom stereocenters. The molecule has 0 aliphatic carbocycles. The number of unbranched alkanes of at least 4 members (excludes halogenated alkanes) is 7. The number of hydrogen-bond donors (Lipinski definition) is 2. The molecule has 21 heavy (non-hydrogen) atoms. The Morgan fingerprint density at radius 1 is 1.10 bits per heavy atom. The second-order valence-corrected chi connectivity index (χ2v) is 6.04. The fraction of sp³-hybridized carbons (Fsp3) is 0.778. The van der Waals surface area contributed by atoms with Gasteiger partial charge in [0.05, 0.1) is 0 Å². The molecule has 1 aliphatic rings. The Balaban J connectivity index is 1.90. The van der Waals surface area contributed by atoms with Crippen LogP contribution in [0.3, 0.4) is 0 Å². The first kappa shape index (κ1) is 18.1. The highest BCUT2D eigenvalue weighted by atomic mass is 16.3. The zero-order valence-electron chi connectivity index (χ0n) is 13.9. The largest absolute Gasteiger partial charge is 0.374 e. The second-order valence-electron chi connectivity index (χ2n) is 6.04. The van der Waals surface area contributed by atoms with Crippen molar-refractivity contribution in [1.29, 1.82) is 0 Å². The van der Waals surface area contributed by atoms with Crippen LogP contribution >= 0.6 is 0 Å². The summed E-state index contributed by atoms with van der Waals surface area (Å²) in [5, 5.41) is 12.9. The molecular formula is C18H34N2O. The van der Waals surface area contributed by atoms with E-state index in [1.807, 2.05) is 24.2 Å². The minimum absolute atomic E-state index is 0.284. The smallest absolute Gasteiger partial charge is 0.125 e. The molecule has 3 nitrogen and oxygen atoms in total. The molecule has 0 spiro atoms. The van der Waals surface area contributed by atoms with Crippen LogP contribution in [0.4, 0.5) is 0 Å². The Bertz CT molecular complexity index is 300. The molecule has 1 rings (SSSR count). The van der Waals surface area contributed by atoms with Gasteiger partial charge in [-0.2, -0.15) is 0 Å². The summed E-state index contributed by atoms with van der Waals surface area (Å²) in [4.78, 5) is 1.99. The van der Waals surface area contributed by atoms with Crippen LogP contribution < -0.4 is 5.32 Å². The Labute approximate surface area is 131 Å². The van der Waals surface area contributed by atoms with E-state index in [2.05, 4.69) is 24.4 Å². The minimum atomic E-state index is -0.402. The third-order valence-corrected chi connectivity index (χ3v) is 4.07. The number of aliphatic hydroxyl groups is 1. The van der Waals surface area contributed by atoms with Gasteiger partial charge in [0.25, 0.3) is 0 Å². The van der Waals surface area contributed by atoms with E-state index in [1.54, 1.807) is 0 Å². The Morgan fingerprint density at radius 3 is 2.48 bits per heavy atom. The van der Waals surface area contributed by atoms with Crippen LogP contribution in [0.15, 0.2) is 24.6 Å².